The van der Waals surface area contributed by atoms with Gasteiger partial charge in [-0.15, -0.1) is 10.2 Å². The predicted octanol–water partition coefficient (Wildman–Crippen LogP) is 4.31. The van der Waals surface area contributed by atoms with Crippen LogP contribution in [0.4, 0.5) is 5.13 Å². The van der Waals surface area contributed by atoms with Crippen LogP contribution >= 0.6 is 11.3 Å². The van der Waals surface area contributed by atoms with Crippen LogP contribution in [0, 0.1) is 6.92 Å². The van der Waals surface area contributed by atoms with Crippen molar-refractivity contribution >= 4 is 22.4 Å². The van der Waals surface area contributed by atoms with E-state index in [0.29, 0.717) is 17.3 Å². The Labute approximate surface area is 150 Å². The van der Waals surface area contributed by atoms with Crippen LogP contribution in [0.15, 0.2) is 54.6 Å². The summed E-state index contributed by atoms with van der Waals surface area (Å²) in [6.07, 6.45) is -0.0175. The first-order valence-electron chi connectivity index (χ1n) is 8.09. The topological polar surface area (TPSA) is 64.1 Å². The molecule has 1 atom stereocenters. The van der Waals surface area contributed by atoms with Gasteiger partial charge in [-0.3, -0.25) is 10.1 Å². The molecule has 0 saturated heterocycles. The molecule has 1 aromatic heterocycles. The molecule has 0 unspecified atom stereocenters. The van der Waals surface area contributed by atoms with E-state index in [1.165, 1.54) is 11.3 Å². The van der Waals surface area contributed by atoms with Gasteiger partial charge in [0, 0.05) is 5.56 Å². The lowest BCUT2D eigenvalue weighted by molar-refractivity contribution is -0.122. The highest BCUT2D eigenvalue weighted by Crippen LogP contribution is 2.26. The molecule has 0 aliphatic carbocycles. The number of hydrogen-bond donors (Lipinski definition) is 1. The number of carbonyl (C=O) groups excluding carboxylic acids is 1. The molecule has 1 heterocycles. The van der Waals surface area contributed by atoms with Gasteiger partial charge in [0.2, 0.25) is 5.13 Å². The Morgan fingerprint density at radius 1 is 1.12 bits per heavy atom. The van der Waals surface area contributed by atoms with E-state index in [2.05, 4.69) is 15.5 Å². The fraction of sp³-hybridized carbons (Fsp3) is 0.211. The van der Waals surface area contributed by atoms with Gasteiger partial charge in [-0.1, -0.05) is 66.3 Å². The van der Waals surface area contributed by atoms with Crippen LogP contribution in [-0.2, 0) is 4.79 Å². The van der Waals surface area contributed by atoms with Crippen molar-refractivity contribution in [3.05, 3.63) is 60.2 Å². The lowest BCUT2D eigenvalue weighted by Crippen LogP contribution is -2.32. The quantitative estimate of drug-likeness (QED) is 0.717. The summed E-state index contributed by atoms with van der Waals surface area (Å²) in [6, 6.07) is 17.4. The third-order valence-electron chi connectivity index (χ3n) is 3.64. The second-order valence-electron chi connectivity index (χ2n) is 5.60. The molecule has 1 amide bonds. The van der Waals surface area contributed by atoms with Gasteiger partial charge >= 0.3 is 0 Å². The van der Waals surface area contributed by atoms with Crippen LogP contribution in [0.3, 0.4) is 0 Å². The lowest BCUT2D eigenvalue weighted by Gasteiger charge is -2.16. The molecule has 1 N–H and O–H groups in total. The third kappa shape index (κ3) is 4.42. The number of aromatic nitrogens is 2. The summed E-state index contributed by atoms with van der Waals surface area (Å²) >= 11 is 1.34. The van der Waals surface area contributed by atoms with Gasteiger partial charge in [-0.2, -0.15) is 0 Å². The summed E-state index contributed by atoms with van der Waals surface area (Å²) in [7, 11) is 0. The molecule has 0 fully saturated rings. The number of ether oxygens (including phenoxy) is 1. The Kier molecular flexibility index (Phi) is 5.40. The average molecular weight is 353 g/mol. The molecule has 0 aliphatic rings. The molecule has 2 aromatic carbocycles. The van der Waals surface area contributed by atoms with E-state index in [0.717, 1.165) is 16.1 Å². The highest BCUT2D eigenvalue weighted by atomic mass is 32.1. The van der Waals surface area contributed by atoms with Crippen LogP contribution in [0.2, 0.25) is 0 Å². The second-order valence-corrected chi connectivity index (χ2v) is 6.57. The largest absolute Gasteiger partial charge is 0.481 e. The number of nitrogens with zero attached hydrogens (tertiary/aromatic N) is 2. The fourth-order valence-electron chi connectivity index (χ4n) is 2.26. The number of amides is 1. The van der Waals surface area contributed by atoms with E-state index in [-0.39, 0.29) is 5.91 Å². The summed E-state index contributed by atoms with van der Waals surface area (Å²) in [6.45, 7) is 3.92. The van der Waals surface area contributed by atoms with Gasteiger partial charge in [0.1, 0.15) is 10.8 Å². The minimum Gasteiger partial charge on any atom is -0.481 e. The number of benzene rings is 2. The minimum atomic E-state index is -0.577. The highest BCUT2D eigenvalue weighted by Gasteiger charge is 2.20. The van der Waals surface area contributed by atoms with Crippen molar-refractivity contribution in [3.63, 3.8) is 0 Å². The zero-order valence-electron chi connectivity index (χ0n) is 14.1. The van der Waals surface area contributed by atoms with Crippen LogP contribution in [0.25, 0.3) is 10.6 Å². The van der Waals surface area contributed by atoms with Crippen molar-refractivity contribution in [2.45, 2.75) is 26.4 Å². The number of nitrogens with one attached hydrogen (secondary N) is 1. The highest BCUT2D eigenvalue weighted by molar-refractivity contribution is 7.18. The molecular formula is C19H19N3O2S. The molecule has 5 nitrogen and oxygen atoms in total. The number of aryl methyl sites for hydroxylation is 1. The standard InChI is InChI=1S/C19H19N3O2S/c1-3-16(24-15-11-9-13(2)10-12-15)17(23)20-19-22-21-18(25-19)14-7-5-4-6-8-14/h4-12,16H,3H2,1-2H3,(H,20,22,23)/t16-/m1/s1. The van der Waals surface area contributed by atoms with E-state index in [1.54, 1.807) is 0 Å². The smallest absolute Gasteiger partial charge is 0.267 e. The van der Waals surface area contributed by atoms with E-state index in [9.17, 15) is 4.79 Å². The van der Waals surface area contributed by atoms with Crippen molar-refractivity contribution in [3.8, 4) is 16.3 Å². The summed E-state index contributed by atoms with van der Waals surface area (Å²) < 4.78 is 5.79. The first-order chi connectivity index (χ1) is 12.2. The van der Waals surface area contributed by atoms with E-state index in [4.69, 9.17) is 4.74 Å². The number of carbonyl (C=O) groups is 1. The lowest BCUT2D eigenvalue weighted by atomic mass is 10.2. The van der Waals surface area contributed by atoms with Crippen molar-refractivity contribution in [2.75, 3.05) is 5.32 Å². The molecule has 0 saturated carbocycles. The van der Waals surface area contributed by atoms with E-state index >= 15 is 0 Å². The monoisotopic (exact) mass is 353 g/mol. The van der Waals surface area contributed by atoms with Crippen LogP contribution in [-0.4, -0.2) is 22.2 Å². The van der Waals surface area contributed by atoms with Gasteiger partial charge in [-0.25, -0.2) is 0 Å². The number of rotatable bonds is 6. The van der Waals surface area contributed by atoms with Gasteiger partial charge in [-0.05, 0) is 25.5 Å². The second kappa shape index (κ2) is 7.90. The molecule has 128 valence electrons. The fourth-order valence-corrected chi connectivity index (χ4v) is 3.01. The maximum atomic E-state index is 12.5. The zero-order valence-corrected chi connectivity index (χ0v) is 14.9. The summed E-state index contributed by atoms with van der Waals surface area (Å²) in [5.74, 6) is 0.452. The predicted molar refractivity (Wildman–Crippen MR) is 99.9 cm³/mol. The van der Waals surface area contributed by atoms with Gasteiger partial charge in [0.25, 0.3) is 5.91 Å². The van der Waals surface area contributed by atoms with Gasteiger partial charge in [0.15, 0.2) is 6.10 Å². The van der Waals surface area contributed by atoms with Crippen LogP contribution in [0.1, 0.15) is 18.9 Å². The maximum Gasteiger partial charge on any atom is 0.267 e. The average Bonchev–Trinajstić information content (AvgIpc) is 3.10. The SMILES string of the molecule is CC[C@@H](Oc1ccc(C)cc1)C(=O)Nc1nnc(-c2ccccc2)s1. The Hall–Kier alpha value is -2.73. The Balaban J connectivity index is 1.66. The first kappa shape index (κ1) is 17.1. The van der Waals surface area contributed by atoms with E-state index < -0.39 is 6.10 Å². The summed E-state index contributed by atoms with van der Waals surface area (Å²) in [5, 5.41) is 12.2. The Morgan fingerprint density at radius 2 is 1.84 bits per heavy atom. The molecule has 0 radical (unpaired) electrons. The minimum absolute atomic E-state index is 0.223. The molecule has 3 rings (SSSR count). The number of hydrogen-bond acceptors (Lipinski definition) is 5. The number of anilines is 1. The summed E-state index contributed by atoms with van der Waals surface area (Å²) in [5.41, 5.74) is 2.12. The van der Waals surface area contributed by atoms with Gasteiger partial charge < -0.3 is 4.74 Å². The normalized spacial score (nSPS) is 11.8. The first-order valence-corrected chi connectivity index (χ1v) is 8.90. The van der Waals surface area contributed by atoms with Crippen LogP contribution in [0.5, 0.6) is 5.75 Å². The van der Waals surface area contributed by atoms with Crippen LogP contribution < -0.4 is 10.1 Å². The third-order valence-corrected chi connectivity index (χ3v) is 4.53. The summed E-state index contributed by atoms with van der Waals surface area (Å²) in [4.78, 5) is 12.5. The Bertz CT molecular complexity index is 831. The van der Waals surface area contributed by atoms with Crippen molar-refractivity contribution in [1.29, 1.82) is 0 Å². The molecule has 0 spiro atoms. The Morgan fingerprint density at radius 3 is 2.52 bits per heavy atom. The van der Waals surface area contributed by atoms with Crippen molar-refractivity contribution in [1.82, 2.24) is 10.2 Å². The molecular weight excluding hydrogens is 334 g/mol. The van der Waals surface area contributed by atoms with Crippen molar-refractivity contribution in [2.24, 2.45) is 0 Å². The van der Waals surface area contributed by atoms with Crippen molar-refractivity contribution < 1.29 is 9.53 Å². The molecule has 0 aliphatic heterocycles. The zero-order chi connectivity index (χ0) is 17.6. The molecule has 3 aromatic rings. The molecule has 0 bridgehead atoms. The molecule has 25 heavy (non-hydrogen) atoms. The van der Waals surface area contributed by atoms with Gasteiger partial charge in [0.05, 0.1) is 0 Å². The maximum absolute atomic E-state index is 12.5. The van der Waals surface area contributed by atoms with E-state index in [1.807, 2.05) is 68.4 Å². The molecule has 6 heteroatoms.